The number of carbonyl (C=O) groups excluding carboxylic acids is 1. The van der Waals surface area contributed by atoms with Gasteiger partial charge in [-0.1, -0.05) is 23.9 Å². The maximum Gasteiger partial charge on any atom is 0.339 e. The third-order valence-corrected chi connectivity index (χ3v) is 3.77. The van der Waals surface area contributed by atoms with Crippen LogP contribution < -0.4 is 0 Å². The quantitative estimate of drug-likeness (QED) is 0.489. The standard InChI is InChI=1S/C14H10FNO4S/c1-20-14(17)10-4-2-3-5-12(10)21-13-7-6-9(15)8-11(13)16(18)19/h2-8H,1H3. The summed E-state index contributed by atoms with van der Waals surface area (Å²) in [4.78, 5) is 22.7. The smallest absolute Gasteiger partial charge is 0.339 e. The molecule has 0 aliphatic heterocycles. The molecule has 0 aromatic heterocycles. The van der Waals surface area contributed by atoms with Crippen molar-refractivity contribution in [3.8, 4) is 0 Å². The van der Waals surface area contributed by atoms with Crippen LogP contribution in [0, 0.1) is 15.9 Å². The lowest BCUT2D eigenvalue weighted by Crippen LogP contribution is -2.02. The Hall–Kier alpha value is -2.41. The molecule has 0 N–H and O–H groups in total. The molecule has 0 fully saturated rings. The highest BCUT2D eigenvalue weighted by molar-refractivity contribution is 7.99. The van der Waals surface area contributed by atoms with E-state index in [1.54, 1.807) is 24.3 Å². The molecule has 0 amide bonds. The van der Waals surface area contributed by atoms with E-state index in [1.807, 2.05) is 0 Å². The minimum Gasteiger partial charge on any atom is -0.465 e. The molecule has 5 nitrogen and oxygen atoms in total. The van der Waals surface area contributed by atoms with E-state index in [-0.39, 0.29) is 10.6 Å². The molecular weight excluding hydrogens is 297 g/mol. The van der Waals surface area contributed by atoms with Crippen LogP contribution in [-0.2, 0) is 4.74 Å². The Morgan fingerprint density at radius 3 is 2.62 bits per heavy atom. The van der Waals surface area contributed by atoms with Crippen LogP contribution in [0.2, 0.25) is 0 Å². The van der Waals surface area contributed by atoms with Gasteiger partial charge in [0.1, 0.15) is 5.82 Å². The van der Waals surface area contributed by atoms with Gasteiger partial charge in [0.2, 0.25) is 0 Å². The van der Waals surface area contributed by atoms with Gasteiger partial charge in [0.15, 0.2) is 0 Å². The van der Waals surface area contributed by atoms with Crippen molar-refractivity contribution in [3.05, 3.63) is 64.0 Å². The summed E-state index contributed by atoms with van der Waals surface area (Å²) in [6.45, 7) is 0. The first-order valence-electron chi connectivity index (χ1n) is 5.82. The monoisotopic (exact) mass is 307 g/mol. The fourth-order valence-corrected chi connectivity index (χ4v) is 2.69. The Morgan fingerprint density at radius 2 is 1.95 bits per heavy atom. The second-order valence-corrected chi connectivity index (χ2v) is 5.04. The summed E-state index contributed by atoms with van der Waals surface area (Å²) in [5.74, 6) is -1.23. The summed E-state index contributed by atoms with van der Waals surface area (Å²) in [6, 6.07) is 9.86. The van der Waals surface area contributed by atoms with Crippen LogP contribution >= 0.6 is 11.8 Å². The molecule has 0 saturated heterocycles. The van der Waals surface area contributed by atoms with Gasteiger partial charge in [-0.2, -0.15) is 0 Å². The predicted octanol–water partition coefficient (Wildman–Crippen LogP) is 3.67. The number of nitro groups is 1. The summed E-state index contributed by atoms with van der Waals surface area (Å²) >= 11 is 1.01. The lowest BCUT2D eigenvalue weighted by atomic mass is 10.2. The normalized spacial score (nSPS) is 10.2. The number of carbonyl (C=O) groups is 1. The molecule has 0 aliphatic rings. The minimum atomic E-state index is -0.688. The van der Waals surface area contributed by atoms with Crippen LogP contribution in [0.4, 0.5) is 10.1 Å². The summed E-state index contributed by atoms with van der Waals surface area (Å²) in [6.07, 6.45) is 0. The maximum atomic E-state index is 13.1. The number of nitrogens with zero attached hydrogens (tertiary/aromatic N) is 1. The van der Waals surface area contributed by atoms with Crippen molar-refractivity contribution in [1.82, 2.24) is 0 Å². The van der Waals surface area contributed by atoms with Crippen molar-refractivity contribution in [2.75, 3.05) is 7.11 Å². The molecule has 2 aromatic rings. The number of esters is 1. The van der Waals surface area contributed by atoms with Gasteiger partial charge in [-0.15, -0.1) is 0 Å². The summed E-state index contributed by atoms with van der Waals surface area (Å²) in [5.41, 5.74) is -0.0525. The van der Waals surface area contributed by atoms with Gasteiger partial charge in [-0.05, 0) is 24.3 Å². The van der Waals surface area contributed by atoms with E-state index >= 15 is 0 Å². The van der Waals surface area contributed by atoms with Crippen LogP contribution in [0.15, 0.2) is 52.3 Å². The van der Waals surface area contributed by atoms with Crippen LogP contribution in [0.5, 0.6) is 0 Å². The molecule has 0 radical (unpaired) electrons. The molecule has 0 unspecified atom stereocenters. The zero-order chi connectivity index (χ0) is 15.4. The highest BCUT2D eigenvalue weighted by atomic mass is 32.2. The first kappa shape index (κ1) is 15.0. The van der Waals surface area contributed by atoms with E-state index in [0.717, 1.165) is 23.9 Å². The van der Waals surface area contributed by atoms with Crippen LogP contribution in [0.25, 0.3) is 0 Å². The van der Waals surface area contributed by atoms with E-state index < -0.39 is 16.7 Å². The molecule has 2 rings (SSSR count). The SMILES string of the molecule is COC(=O)c1ccccc1Sc1ccc(F)cc1[N+](=O)[O-]. The molecule has 0 bridgehead atoms. The fraction of sp³-hybridized carbons (Fsp3) is 0.0714. The average Bonchev–Trinajstić information content (AvgIpc) is 2.48. The molecule has 0 spiro atoms. The molecule has 108 valence electrons. The molecule has 0 heterocycles. The number of hydrogen-bond acceptors (Lipinski definition) is 5. The van der Waals surface area contributed by atoms with Crippen LogP contribution in [0.3, 0.4) is 0 Å². The highest BCUT2D eigenvalue weighted by Gasteiger charge is 2.19. The van der Waals surface area contributed by atoms with Gasteiger partial charge < -0.3 is 4.74 Å². The van der Waals surface area contributed by atoms with Crippen molar-refractivity contribution < 1.29 is 18.8 Å². The lowest BCUT2D eigenvalue weighted by Gasteiger charge is -2.07. The molecule has 0 saturated carbocycles. The van der Waals surface area contributed by atoms with Crippen molar-refractivity contribution in [1.29, 1.82) is 0 Å². The van der Waals surface area contributed by atoms with Crippen molar-refractivity contribution in [2.24, 2.45) is 0 Å². The maximum absolute atomic E-state index is 13.1. The van der Waals surface area contributed by atoms with Crippen molar-refractivity contribution in [3.63, 3.8) is 0 Å². The third kappa shape index (κ3) is 3.38. The zero-order valence-corrected chi connectivity index (χ0v) is 11.7. The second kappa shape index (κ2) is 6.36. The Bertz CT molecular complexity index is 705. The minimum absolute atomic E-state index is 0.248. The van der Waals surface area contributed by atoms with Crippen molar-refractivity contribution in [2.45, 2.75) is 9.79 Å². The Morgan fingerprint density at radius 1 is 1.24 bits per heavy atom. The Balaban J connectivity index is 2.44. The molecule has 0 atom stereocenters. The van der Waals surface area contributed by atoms with Gasteiger partial charge in [-0.25, -0.2) is 9.18 Å². The number of halogens is 1. The predicted molar refractivity (Wildman–Crippen MR) is 75.0 cm³/mol. The van der Waals surface area contributed by atoms with E-state index in [0.29, 0.717) is 10.5 Å². The third-order valence-electron chi connectivity index (χ3n) is 2.63. The van der Waals surface area contributed by atoms with Crippen molar-refractivity contribution >= 4 is 23.4 Å². The van der Waals surface area contributed by atoms with E-state index in [9.17, 15) is 19.3 Å². The Kier molecular flexibility index (Phi) is 4.54. The number of methoxy groups -OCH3 is 1. The van der Waals surface area contributed by atoms with E-state index in [2.05, 4.69) is 4.74 Å². The van der Waals surface area contributed by atoms with E-state index in [4.69, 9.17) is 0 Å². The number of rotatable bonds is 4. The van der Waals surface area contributed by atoms with Gasteiger partial charge >= 0.3 is 5.97 Å². The molecular formula is C14H10FNO4S. The number of hydrogen-bond donors (Lipinski definition) is 0. The largest absolute Gasteiger partial charge is 0.465 e. The van der Waals surface area contributed by atoms with Gasteiger partial charge in [0.25, 0.3) is 5.69 Å². The molecule has 21 heavy (non-hydrogen) atoms. The first-order valence-corrected chi connectivity index (χ1v) is 6.63. The molecule has 7 heteroatoms. The average molecular weight is 307 g/mol. The zero-order valence-electron chi connectivity index (χ0n) is 10.9. The highest BCUT2D eigenvalue weighted by Crippen LogP contribution is 2.36. The van der Waals surface area contributed by atoms with Gasteiger partial charge in [0.05, 0.1) is 28.6 Å². The summed E-state index contributed by atoms with van der Waals surface area (Å²) < 4.78 is 17.8. The molecule has 2 aromatic carbocycles. The topological polar surface area (TPSA) is 69.4 Å². The second-order valence-electron chi connectivity index (χ2n) is 3.96. The van der Waals surface area contributed by atoms with Gasteiger partial charge in [0, 0.05) is 4.90 Å². The fourth-order valence-electron chi connectivity index (χ4n) is 1.67. The number of ether oxygens (including phenoxy) is 1. The van der Waals surface area contributed by atoms with E-state index in [1.165, 1.54) is 13.2 Å². The summed E-state index contributed by atoms with van der Waals surface area (Å²) in [5, 5.41) is 11.0. The number of nitro benzene ring substituents is 1. The lowest BCUT2D eigenvalue weighted by molar-refractivity contribution is -0.387. The summed E-state index contributed by atoms with van der Waals surface area (Å²) in [7, 11) is 1.25. The number of benzene rings is 2. The van der Waals surface area contributed by atoms with Crippen LogP contribution in [0.1, 0.15) is 10.4 Å². The van der Waals surface area contributed by atoms with Crippen LogP contribution in [-0.4, -0.2) is 18.0 Å². The molecule has 0 aliphatic carbocycles. The first-order chi connectivity index (χ1) is 10.0. The Labute approximate surface area is 123 Å². The van der Waals surface area contributed by atoms with Gasteiger partial charge in [-0.3, -0.25) is 10.1 Å².